The molecule has 19 heavy (non-hydrogen) atoms. The lowest BCUT2D eigenvalue weighted by Gasteiger charge is -2.20. The highest BCUT2D eigenvalue weighted by Gasteiger charge is 2.44. The predicted octanol–water partition coefficient (Wildman–Crippen LogP) is 3.28. The normalized spacial score (nSPS) is 23.3. The Labute approximate surface area is 120 Å². The lowest BCUT2D eigenvalue weighted by atomic mass is 9.88. The predicted molar refractivity (Wildman–Crippen MR) is 80.9 cm³/mol. The molecule has 2 aliphatic rings. The number of hydrogen-bond donors (Lipinski definition) is 1. The van der Waals surface area contributed by atoms with Gasteiger partial charge in [0, 0.05) is 30.8 Å². The van der Waals surface area contributed by atoms with Crippen LogP contribution in [-0.4, -0.2) is 32.6 Å². The van der Waals surface area contributed by atoms with Crippen LogP contribution in [0.5, 0.6) is 0 Å². The number of methoxy groups -OCH3 is 1. The van der Waals surface area contributed by atoms with Crippen LogP contribution < -0.4 is 5.32 Å². The first-order valence-corrected chi connectivity index (χ1v) is 8.23. The highest BCUT2D eigenvalue weighted by atomic mass is 32.2. The van der Waals surface area contributed by atoms with Crippen molar-refractivity contribution < 1.29 is 4.74 Å². The van der Waals surface area contributed by atoms with Crippen LogP contribution in [0.25, 0.3) is 0 Å². The average Bonchev–Trinajstić information content (AvgIpc) is 3.09. The van der Waals surface area contributed by atoms with E-state index in [1.165, 1.54) is 36.5 Å². The van der Waals surface area contributed by atoms with Crippen molar-refractivity contribution in [3.8, 4) is 0 Å². The first-order chi connectivity index (χ1) is 9.33. The number of thioether (sulfide) groups is 1. The molecule has 1 aliphatic heterocycles. The van der Waals surface area contributed by atoms with Crippen LogP contribution >= 0.6 is 11.8 Å². The van der Waals surface area contributed by atoms with Crippen molar-refractivity contribution in [3.05, 3.63) is 29.8 Å². The van der Waals surface area contributed by atoms with E-state index in [1.807, 2.05) is 11.8 Å². The summed E-state index contributed by atoms with van der Waals surface area (Å²) in [6.07, 6.45) is 4.16. The minimum absolute atomic E-state index is 0.580. The molecule has 104 valence electrons. The Hall–Kier alpha value is -0.510. The second-order valence-electron chi connectivity index (χ2n) is 5.92. The van der Waals surface area contributed by atoms with E-state index in [2.05, 4.69) is 29.6 Å². The van der Waals surface area contributed by atoms with Gasteiger partial charge < -0.3 is 10.1 Å². The highest BCUT2D eigenvalue weighted by molar-refractivity contribution is 7.99. The van der Waals surface area contributed by atoms with Crippen molar-refractivity contribution in [1.29, 1.82) is 0 Å². The summed E-state index contributed by atoms with van der Waals surface area (Å²) in [5, 5.41) is 3.56. The number of hydrogen-bond acceptors (Lipinski definition) is 3. The molecule has 1 fully saturated rings. The van der Waals surface area contributed by atoms with Gasteiger partial charge in [0.2, 0.25) is 0 Å². The van der Waals surface area contributed by atoms with Gasteiger partial charge in [-0.15, -0.1) is 11.8 Å². The summed E-state index contributed by atoms with van der Waals surface area (Å²) >= 11 is 2.04. The van der Waals surface area contributed by atoms with Crippen LogP contribution in [0, 0.1) is 5.41 Å². The van der Waals surface area contributed by atoms with Gasteiger partial charge in [-0.1, -0.05) is 18.2 Å². The molecule has 1 saturated carbocycles. The summed E-state index contributed by atoms with van der Waals surface area (Å²) in [5.41, 5.74) is 2.17. The van der Waals surface area contributed by atoms with E-state index >= 15 is 0 Å². The molecule has 1 aromatic rings. The second kappa shape index (κ2) is 5.86. The van der Waals surface area contributed by atoms with Crippen molar-refractivity contribution >= 4 is 11.8 Å². The Morgan fingerprint density at radius 2 is 2.21 bits per heavy atom. The summed E-state index contributed by atoms with van der Waals surface area (Å²) in [4.78, 5) is 1.51. The molecule has 3 heteroatoms. The van der Waals surface area contributed by atoms with Gasteiger partial charge in [-0.2, -0.15) is 0 Å². The molecule has 0 spiro atoms. The number of fused-ring (bicyclic) bond motifs is 1. The Kier molecular flexibility index (Phi) is 4.15. The van der Waals surface area contributed by atoms with Crippen molar-refractivity contribution in [2.24, 2.45) is 5.41 Å². The minimum atomic E-state index is 0.580. The standard InChI is InChI=1S/C16H23NOS/c1-18-9-8-17-12-16(6-7-16)10-13-11-19-15-5-3-2-4-14(13)15/h2-5,13,17H,6-12H2,1H3. The summed E-state index contributed by atoms with van der Waals surface area (Å²) < 4.78 is 5.09. The molecule has 0 aromatic heterocycles. The molecule has 0 saturated heterocycles. The topological polar surface area (TPSA) is 21.3 Å². The van der Waals surface area contributed by atoms with Crippen molar-refractivity contribution in [1.82, 2.24) is 5.32 Å². The van der Waals surface area contributed by atoms with E-state index in [0.717, 1.165) is 19.1 Å². The largest absolute Gasteiger partial charge is 0.383 e. The maximum atomic E-state index is 5.09. The molecule has 1 aliphatic carbocycles. The number of rotatable bonds is 7. The van der Waals surface area contributed by atoms with Crippen LogP contribution in [0.15, 0.2) is 29.2 Å². The molecule has 1 atom stereocenters. The highest BCUT2D eigenvalue weighted by Crippen LogP contribution is 2.54. The first-order valence-electron chi connectivity index (χ1n) is 7.24. The van der Waals surface area contributed by atoms with Gasteiger partial charge in [-0.3, -0.25) is 0 Å². The maximum Gasteiger partial charge on any atom is 0.0587 e. The van der Waals surface area contributed by atoms with Gasteiger partial charge in [-0.25, -0.2) is 0 Å². The van der Waals surface area contributed by atoms with Crippen molar-refractivity contribution in [3.63, 3.8) is 0 Å². The molecule has 1 unspecified atom stereocenters. The zero-order valence-electron chi connectivity index (χ0n) is 11.7. The number of benzene rings is 1. The molecule has 0 radical (unpaired) electrons. The van der Waals surface area contributed by atoms with Crippen LogP contribution in [0.3, 0.4) is 0 Å². The number of ether oxygens (including phenoxy) is 1. The van der Waals surface area contributed by atoms with E-state index in [-0.39, 0.29) is 0 Å². The third kappa shape index (κ3) is 3.15. The van der Waals surface area contributed by atoms with Gasteiger partial charge in [-0.05, 0) is 42.2 Å². The molecule has 1 aromatic carbocycles. The van der Waals surface area contributed by atoms with Crippen LogP contribution in [-0.2, 0) is 4.74 Å². The Bertz CT molecular complexity index is 431. The van der Waals surface area contributed by atoms with Crippen LogP contribution in [0.4, 0.5) is 0 Å². The zero-order valence-corrected chi connectivity index (χ0v) is 12.5. The summed E-state index contributed by atoms with van der Waals surface area (Å²) in [6.45, 7) is 2.96. The van der Waals surface area contributed by atoms with E-state index < -0.39 is 0 Å². The van der Waals surface area contributed by atoms with E-state index in [0.29, 0.717) is 5.41 Å². The fourth-order valence-corrected chi connectivity index (χ4v) is 4.33. The van der Waals surface area contributed by atoms with Gasteiger partial charge in [0.25, 0.3) is 0 Å². The third-order valence-corrected chi connectivity index (χ3v) is 5.67. The third-order valence-electron chi connectivity index (χ3n) is 4.42. The summed E-state index contributed by atoms with van der Waals surface area (Å²) in [7, 11) is 1.77. The van der Waals surface area contributed by atoms with Crippen molar-refractivity contribution in [2.45, 2.75) is 30.1 Å². The Morgan fingerprint density at radius 1 is 1.37 bits per heavy atom. The molecule has 3 rings (SSSR count). The second-order valence-corrected chi connectivity index (χ2v) is 6.98. The molecule has 1 N–H and O–H groups in total. The van der Waals surface area contributed by atoms with Crippen LogP contribution in [0.2, 0.25) is 0 Å². The lowest BCUT2D eigenvalue weighted by molar-refractivity contribution is 0.196. The fraction of sp³-hybridized carbons (Fsp3) is 0.625. The van der Waals surface area contributed by atoms with Gasteiger partial charge >= 0.3 is 0 Å². The maximum absolute atomic E-state index is 5.09. The van der Waals surface area contributed by atoms with Crippen molar-refractivity contribution in [2.75, 3.05) is 32.6 Å². The Morgan fingerprint density at radius 3 is 3.00 bits per heavy atom. The summed E-state index contributed by atoms with van der Waals surface area (Å²) in [5.74, 6) is 2.05. The number of nitrogens with one attached hydrogen (secondary N) is 1. The Balaban J connectivity index is 1.54. The molecular weight excluding hydrogens is 254 g/mol. The smallest absolute Gasteiger partial charge is 0.0587 e. The lowest BCUT2D eigenvalue weighted by Crippen LogP contribution is -2.28. The monoisotopic (exact) mass is 277 g/mol. The van der Waals surface area contributed by atoms with Gasteiger partial charge in [0.1, 0.15) is 0 Å². The van der Waals surface area contributed by atoms with E-state index in [4.69, 9.17) is 4.74 Å². The zero-order chi connectivity index (χ0) is 13.1. The molecule has 2 nitrogen and oxygen atoms in total. The van der Waals surface area contributed by atoms with Crippen LogP contribution in [0.1, 0.15) is 30.7 Å². The minimum Gasteiger partial charge on any atom is -0.383 e. The quantitative estimate of drug-likeness (QED) is 0.773. The van der Waals surface area contributed by atoms with Gasteiger partial charge in [0.05, 0.1) is 6.61 Å². The molecular formula is C16H23NOS. The average molecular weight is 277 g/mol. The van der Waals surface area contributed by atoms with E-state index in [1.54, 1.807) is 12.7 Å². The molecule has 0 amide bonds. The first kappa shape index (κ1) is 13.5. The molecule has 1 heterocycles. The van der Waals surface area contributed by atoms with Gasteiger partial charge in [0.15, 0.2) is 0 Å². The molecule has 0 bridgehead atoms. The SMILES string of the molecule is COCCNCC1(CC2CSc3ccccc32)CC1. The van der Waals surface area contributed by atoms with E-state index in [9.17, 15) is 0 Å². The summed E-state index contributed by atoms with van der Waals surface area (Å²) in [6, 6.07) is 8.95. The fourth-order valence-electron chi connectivity index (χ4n) is 3.08.